The molecule has 1 aromatic rings. The Bertz CT molecular complexity index is 395. The third-order valence-corrected chi connectivity index (χ3v) is 6.60. The van der Waals surface area contributed by atoms with Gasteiger partial charge in [-0.15, -0.1) is 11.3 Å². The van der Waals surface area contributed by atoms with Gasteiger partial charge in [-0.3, -0.25) is 0 Å². The fourth-order valence-corrected chi connectivity index (χ4v) is 4.93. The molecule has 0 bridgehead atoms. The van der Waals surface area contributed by atoms with Crippen molar-refractivity contribution in [3.05, 3.63) is 20.8 Å². The van der Waals surface area contributed by atoms with Crippen LogP contribution in [-0.4, -0.2) is 30.6 Å². The van der Waals surface area contributed by atoms with Crippen LogP contribution < -0.4 is 5.73 Å². The molecule has 1 aliphatic carbocycles. The second-order valence-electron chi connectivity index (χ2n) is 5.91. The minimum atomic E-state index is 0.180. The fourth-order valence-electron chi connectivity index (χ4n) is 3.35. The molecule has 1 unspecified atom stereocenters. The van der Waals surface area contributed by atoms with Crippen molar-refractivity contribution in [2.24, 2.45) is 5.73 Å². The fraction of sp³-hybridized carbons (Fsp3) is 0.733. The molecule has 2 rings (SSSR count). The first kappa shape index (κ1) is 15.5. The smallest absolute Gasteiger partial charge is 0.0357 e. The summed E-state index contributed by atoms with van der Waals surface area (Å²) in [5, 5.41) is 2.14. The second kappa shape index (κ2) is 6.70. The molecule has 0 spiro atoms. The Kier molecular flexibility index (Phi) is 5.46. The standard InChI is InChI=1S/C15H25BrN2S/c1-18(2)15(8-5-3-4-6-9-15)14(17)11-13-12(16)7-10-19-13/h7,10,14H,3-6,8-9,11,17H2,1-2H3. The number of nitrogens with two attached hydrogens (primary N) is 1. The van der Waals surface area contributed by atoms with E-state index in [1.807, 2.05) is 11.3 Å². The van der Waals surface area contributed by atoms with Crippen LogP contribution in [0.25, 0.3) is 0 Å². The lowest BCUT2D eigenvalue weighted by Crippen LogP contribution is -2.58. The highest BCUT2D eigenvalue weighted by molar-refractivity contribution is 9.10. The number of thiophene rings is 1. The summed E-state index contributed by atoms with van der Waals surface area (Å²) in [6.07, 6.45) is 8.83. The number of halogens is 1. The van der Waals surface area contributed by atoms with Crippen molar-refractivity contribution in [2.75, 3.05) is 14.1 Å². The third kappa shape index (κ3) is 3.41. The molecule has 1 atom stereocenters. The van der Waals surface area contributed by atoms with Crippen molar-refractivity contribution >= 4 is 27.3 Å². The van der Waals surface area contributed by atoms with Gasteiger partial charge in [0.05, 0.1) is 0 Å². The summed E-state index contributed by atoms with van der Waals surface area (Å²) < 4.78 is 1.22. The Morgan fingerprint density at radius 2 is 1.95 bits per heavy atom. The van der Waals surface area contributed by atoms with E-state index >= 15 is 0 Å². The van der Waals surface area contributed by atoms with Crippen molar-refractivity contribution in [3.63, 3.8) is 0 Å². The summed E-state index contributed by atoms with van der Waals surface area (Å²) in [7, 11) is 4.41. The first-order valence-corrected chi connectivity index (χ1v) is 8.88. The first-order valence-electron chi connectivity index (χ1n) is 7.21. The maximum atomic E-state index is 6.66. The molecular formula is C15H25BrN2S. The Balaban J connectivity index is 2.16. The van der Waals surface area contributed by atoms with E-state index < -0.39 is 0 Å². The van der Waals surface area contributed by atoms with Gasteiger partial charge in [0.25, 0.3) is 0 Å². The van der Waals surface area contributed by atoms with E-state index in [2.05, 4.69) is 46.4 Å². The highest BCUT2D eigenvalue weighted by Crippen LogP contribution is 2.36. The van der Waals surface area contributed by atoms with E-state index in [0.29, 0.717) is 0 Å². The zero-order valence-electron chi connectivity index (χ0n) is 12.0. The average molecular weight is 345 g/mol. The van der Waals surface area contributed by atoms with Crippen LogP contribution in [0.5, 0.6) is 0 Å². The van der Waals surface area contributed by atoms with Gasteiger partial charge < -0.3 is 10.6 Å². The quantitative estimate of drug-likeness (QED) is 0.835. The van der Waals surface area contributed by atoms with Crippen LogP contribution in [0.3, 0.4) is 0 Å². The molecule has 1 heterocycles. The van der Waals surface area contributed by atoms with Gasteiger partial charge in [-0.25, -0.2) is 0 Å². The van der Waals surface area contributed by atoms with Gasteiger partial charge in [-0.05, 0) is 60.7 Å². The number of likely N-dealkylation sites (N-methyl/N-ethyl adjacent to an activating group) is 1. The minimum absolute atomic E-state index is 0.180. The molecule has 0 saturated heterocycles. The van der Waals surface area contributed by atoms with E-state index in [9.17, 15) is 0 Å². The summed E-state index contributed by atoms with van der Waals surface area (Å²) in [5.41, 5.74) is 6.84. The molecule has 1 fully saturated rings. The lowest BCUT2D eigenvalue weighted by molar-refractivity contribution is 0.0970. The first-order chi connectivity index (χ1) is 9.06. The van der Waals surface area contributed by atoms with E-state index in [1.165, 1.54) is 47.9 Å². The van der Waals surface area contributed by atoms with Crippen LogP contribution in [0.1, 0.15) is 43.4 Å². The molecule has 1 saturated carbocycles. The Labute approximate surface area is 129 Å². The molecule has 0 radical (unpaired) electrons. The van der Waals surface area contributed by atoms with E-state index in [1.54, 1.807) is 0 Å². The predicted octanol–water partition coefficient (Wildman–Crippen LogP) is 4.04. The van der Waals surface area contributed by atoms with Crippen LogP contribution in [0.4, 0.5) is 0 Å². The Morgan fingerprint density at radius 3 is 2.42 bits per heavy atom. The zero-order valence-corrected chi connectivity index (χ0v) is 14.4. The van der Waals surface area contributed by atoms with Crippen LogP contribution in [0.2, 0.25) is 0 Å². The molecule has 19 heavy (non-hydrogen) atoms. The van der Waals surface area contributed by atoms with Crippen molar-refractivity contribution < 1.29 is 0 Å². The molecule has 0 aliphatic heterocycles. The minimum Gasteiger partial charge on any atom is -0.326 e. The average Bonchev–Trinajstić information content (AvgIpc) is 2.66. The largest absolute Gasteiger partial charge is 0.326 e. The monoisotopic (exact) mass is 344 g/mol. The number of rotatable bonds is 4. The maximum Gasteiger partial charge on any atom is 0.0357 e. The van der Waals surface area contributed by atoms with Crippen LogP contribution in [0, 0.1) is 0 Å². The maximum absolute atomic E-state index is 6.66. The van der Waals surface area contributed by atoms with Crippen molar-refractivity contribution in [3.8, 4) is 0 Å². The van der Waals surface area contributed by atoms with Gasteiger partial charge in [0, 0.05) is 20.9 Å². The molecule has 0 aromatic carbocycles. The molecule has 0 amide bonds. The van der Waals surface area contributed by atoms with Gasteiger partial charge in [0.15, 0.2) is 0 Å². The predicted molar refractivity (Wildman–Crippen MR) is 87.8 cm³/mol. The van der Waals surface area contributed by atoms with Gasteiger partial charge >= 0.3 is 0 Å². The molecular weight excluding hydrogens is 320 g/mol. The van der Waals surface area contributed by atoms with E-state index in [-0.39, 0.29) is 11.6 Å². The Hall–Kier alpha value is 0.100. The van der Waals surface area contributed by atoms with E-state index in [0.717, 1.165) is 6.42 Å². The topological polar surface area (TPSA) is 29.3 Å². The molecule has 108 valence electrons. The van der Waals surface area contributed by atoms with Crippen LogP contribution >= 0.6 is 27.3 Å². The van der Waals surface area contributed by atoms with E-state index in [4.69, 9.17) is 5.73 Å². The third-order valence-electron chi connectivity index (χ3n) is 4.65. The lowest BCUT2D eigenvalue weighted by atomic mass is 9.80. The highest BCUT2D eigenvalue weighted by Gasteiger charge is 2.39. The number of nitrogens with zero attached hydrogens (tertiary/aromatic N) is 1. The molecule has 2 nitrogen and oxygen atoms in total. The van der Waals surface area contributed by atoms with Crippen LogP contribution in [-0.2, 0) is 6.42 Å². The lowest BCUT2D eigenvalue weighted by Gasteiger charge is -2.44. The van der Waals surface area contributed by atoms with Crippen molar-refractivity contribution in [1.29, 1.82) is 0 Å². The SMILES string of the molecule is CN(C)C1(C(N)Cc2sccc2Br)CCCCCC1. The van der Waals surface area contributed by atoms with Gasteiger partial charge in [-0.2, -0.15) is 0 Å². The van der Waals surface area contributed by atoms with Crippen LogP contribution in [0.15, 0.2) is 15.9 Å². The molecule has 2 N–H and O–H groups in total. The Morgan fingerprint density at radius 1 is 1.32 bits per heavy atom. The summed E-state index contributed by atoms with van der Waals surface area (Å²) in [6, 6.07) is 2.35. The van der Waals surface area contributed by atoms with Gasteiger partial charge in [0.2, 0.25) is 0 Å². The second-order valence-corrected chi connectivity index (χ2v) is 7.77. The van der Waals surface area contributed by atoms with Crippen molar-refractivity contribution in [2.45, 2.75) is 56.5 Å². The highest BCUT2D eigenvalue weighted by atomic mass is 79.9. The number of hydrogen-bond acceptors (Lipinski definition) is 3. The number of hydrogen-bond donors (Lipinski definition) is 1. The van der Waals surface area contributed by atoms with Gasteiger partial charge in [-0.1, -0.05) is 25.7 Å². The normalized spacial score (nSPS) is 21.3. The van der Waals surface area contributed by atoms with Gasteiger partial charge in [0.1, 0.15) is 0 Å². The molecule has 1 aliphatic rings. The summed E-state index contributed by atoms with van der Waals surface area (Å²) >= 11 is 5.44. The zero-order chi connectivity index (χ0) is 13.9. The summed E-state index contributed by atoms with van der Waals surface area (Å²) in [6.45, 7) is 0. The summed E-state index contributed by atoms with van der Waals surface area (Å²) in [5.74, 6) is 0. The van der Waals surface area contributed by atoms with Crippen molar-refractivity contribution in [1.82, 2.24) is 4.90 Å². The molecule has 4 heteroatoms. The molecule has 1 aromatic heterocycles. The summed E-state index contributed by atoms with van der Waals surface area (Å²) in [4.78, 5) is 3.78.